The summed E-state index contributed by atoms with van der Waals surface area (Å²) in [6, 6.07) is 10.7. The third-order valence-corrected chi connectivity index (χ3v) is 6.03. The maximum absolute atomic E-state index is 13.8. The van der Waals surface area contributed by atoms with Crippen LogP contribution in [0.5, 0.6) is 5.75 Å². The molecule has 0 unspecified atom stereocenters. The van der Waals surface area contributed by atoms with Crippen molar-refractivity contribution in [2.45, 2.75) is 31.2 Å². The maximum atomic E-state index is 13.8. The first-order valence-electron chi connectivity index (χ1n) is 8.67. The Kier molecular flexibility index (Phi) is 3.26. The van der Waals surface area contributed by atoms with Gasteiger partial charge in [0.2, 0.25) is 0 Å². The number of rotatable bonds is 3. The molecule has 0 bridgehead atoms. The number of ether oxygens (including phenoxy) is 1. The van der Waals surface area contributed by atoms with Gasteiger partial charge in [-0.15, -0.1) is 0 Å². The number of halogens is 2. The van der Waals surface area contributed by atoms with Crippen molar-refractivity contribution in [3.63, 3.8) is 0 Å². The zero-order chi connectivity index (χ0) is 17.2. The molecular weight excluding hydrogens is 385 g/mol. The van der Waals surface area contributed by atoms with Gasteiger partial charge in [0, 0.05) is 10.0 Å². The molecule has 1 heterocycles. The van der Waals surface area contributed by atoms with Crippen LogP contribution in [0.2, 0.25) is 0 Å². The average Bonchev–Trinajstić information content (AvgIpc) is 3.46. The molecule has 1 amide bonds. The summed E-state index contributed by atoms with van der Waals surface area (Å²) in [5, 5.41) is 3.17. The fraction of sp³-hybridized carbons (Fsp3) is 0.350. The van der Waals surface area contributed by atoms with E-state index in [0.29, 0.717) is 22.1 Å². The molecule has 1 aliphatic heterocycles. The molecule has 128 valence electrons. The van der Waals surface area contributed by atoms with Gasteiger partial charge in [0.25, 0.3) is 0 Å². The lowest BCUT2D eigenvalue weighted by atomic mass is 9.78. The van der Waals surface area contributed by atoms with Gasteiger partial charge in [0.15, 0.2) is 0 Å². The van der Waals surface area contributed by atoms with Crippen molar-refractivity contribution >= 4 is 22.0 Å². The van der Waals surface area contributed by atoms with Gasteiger partial charge in [-0.05, 0) is 79.0 Å². The quantitative estimate of drug-likeness (QED) is 0.750. The van der Waals surface area contributed by atoms with Gasteiger partial charge in [-0.3, -0.25) is 0 Å². The second kappa shape index (κ2) is 5.31. The summed E-state index contributed by atoms with van der Waals surface area (Å²) in [4.78, 5) is 12.2. The Bertz CT molecular complexity index is 857. The van der Waals surface area contributed by atoms with Crippen LogP contribution >= 0.6 is 15.9 Å². The molecule has 3 nitrogen and oxygen atoms in total. The average molecular weight is 402 g/mol. The van der Waals surface area contributed by atoms with Gasteiger partial charge < -0.3 is 10.1 Å². The minimum atomic E-state index is -0.354. The van der Waals surface area contributed by atoms with Crippen molar-refractivity contribution in [2.75, 3.05) is 0 Å². The Morgan fingerprint density at radius 3 is 2.40 bits per heavy atom. The fourth-order valence-electron chi connectivity index (χ4n) is 4.26. The van der Waals surface area contributed by atoms with E-state index in [2.05, 4.69) is 27.3 Å². The topological polar surface area (TPSA) is 38.3 Å². The highest BCUT2D eigenvalue weighted by molar-refractivity contribution is 9.10. The highest BCUT2D eigenvalue weighted by atomic mass is 79.9. The van der Waals surface area contributed by atoms with Crippen molar-refractivity contribution in [3.8, 4) is 16.9 Å². The molecule has 2 aromatic rings. The first-order valence-corrected chi connectivity index (χ1v) is 9.46. The van der Waals surface area contributed by atoms with Crippen molar-refractivity contribution in [1.82, 2.24) is 5.32 Å². The Labute approximate surface area is 153 Å². The number of nitrogens with one attached hydrogen (secondary N) is 1. The lowest BCUT2D eigenvalue weighted by Gasteiger charge is -2.40. The summed E-state index contributed by atoms with van der Waals surface area (Å²) < 4.78 is 20.0. The zero-order valence-corrected chi connectivity index (χ0v) is 15.1. The lowest BCUT2D eigenvalue weighted by Crippen LogP contribution is -2.53. The minimum Gasteiger partial charge on any atom is -0.410 e. The van der Waals surface area contributed by atoms with Crippen LogP contribution in [-0.2, 0) is 5.54 Å². The van der Waals surface area contributed by atoms with Crippen LogP contribution in [0, 0.1) is 17.7 Å². The van der Waals surface area contributed by atoms with Gasteiger partial charge in [-0.1, -0.05) is 22.0 Å². The number of benzene rings is 2. The van der Waals surface area contributed by atoms with Crippen molar-refractivity contribution in [1.29, 1.82) is 0 Å². The summed E-state index contributed by atoms with van der Waals surface area (Å²) in [7, 11) is 0. The largest absolute Gasteiger partial charge is 0.413 e. The Morgan fingerprint density at radius 2 is 1.76 bits per heavy atom. The molecule has 25 heavy (non-hydrogen) atoms. The molecule has 0 aromatic heterocycles. The van der Waals surface area contributed by atoms with Gasteiger partial charge >= 0.3 is 6.09 Å². The van der Waals surface area contributed by atoms with Crippen LogP contribution in [0.3, 0.4) is 0 Å². The number of fused-ring (bicyclic) bond motifs is 1. The van der Waals surface area contributed by atoms with Crippen LogP contribution in [0.15, 0.2) is 40.9 Å². The van der Waals surface area contributed by atoms with Gasteiger partial charge in [-0.25, -0.2) is 9.18 Å². The Morgan fingerprint density at radius 1 is 1.04 bits per heavy atom. The predicted molar refractivity (Wildman–Crippen MR) is 95.8 cm³/mol. The van der Waals surface area contributed by atoms with Crippen molar-refractivity contribution in [2.24, 2.45) is 11.8 Å². The normalized spacial score (nSPS) is 21.3. The number of amides is 1. The third-order valence-electron chi connectivity index (χ3n) is 5.58. The predicted octanol–water partition coefficient (Wildman–Crippen LogP) is 5.37. The van der Waals surface area contributed by atoms with E-state index in [9.17, 15) is 9.18 Å². The maximum Gasteiger partial charge on any atom is 0.413 e. The van der Waals surface area contributed by atoms with E-state index in [0.717, 1.165) is 42.4 Å². The smallest absolute Gasteiger partial charge is 0.410 e. The second-order valence-corrected chi connectivity index (χ2v) is 8.22. The minimum absolute atomic E-state index is 0.276. The summed E-state index contributed by atoms with van der Waals surface area (Å²) in [6.07, 6.45) is 4.17. The first-order chi connectivity index (χ1) is 12.1. The number of hydrogen-bond donors (Lipinski definition) is 1. The Hall–Kier alpha value is -1.88. The monoisotopic (exact) mass is 401 g/mol. The summed E-state index contributed by atoms with van der Waals surface area (Å²) in [5.74, 6) is 1.31. The van der Waals surface area contributed by atoms with Crippen LogP contribution in [0.4, 0.5) is 9.18 Å². The molecule has 1 N–H and O–H groups in total. The van der Waals surface area contributed by atoms with E-state index in [1.165, 1.54) is 12.1 Å². The van der Waals surface area contributed by atoms with Crippen LogP contribution in [0.1, 0.15) is 31.2 Å². The number of carbonyl (C=O) groups is 1. The van der Waals surface area contributed by atoms with E-state index in [1.807, 2.05) is 18.2 Å². The molecule has 0 atom stereocenters. The molecule has 5 heteroatoms. The van der Waals surface area contributed by atoms with E-state index < -0.39 is 0 Å². The highest BCUT2D eigenvalue weighted by Crippen LogP contribution is 2.60. The standard InChI is InChI=1S/C20H17BrFNO2/c21-15-7-12(8-16(22)10-15)11-1-6-18-17(9-11)20(13-2-3-13,14-4-5-14)23-19(24)25-18/h1,6-10,13-14H,2-5H2,(H,23,24). The third kappa shape index (κ3) is 2.48. The van der Waals surface area contributed by atoms with E-state index in [1.54, 1.807) is 0 Å². The second-order valence-electron chi connectivity index (χ2n) is 7.30. The molecule has 0 radical (unpaired) electrons. The van der Waals surface area contributed by atoms with E-state index in [4.69, 9.17) is 4.74 Å². The SMILES string of the molecule is O=C1NC(C2CC2)(C2CC2)c2cc(-c3cc(F)cc(Br)c3)ccc2O1. The zero-order valence-electron chi connectivity index (χ0n) is 13.5. The summed E-state index contributed by atoms with van der Waals surface area (Å²) >= 11 is 3.36. The molecule has 5 rings (SSSR count). The molecular formula is C20H17BrFNO2. The van der Waals surface area contributed by atoms with Crippen LogP contribution in [-0.4, -0.2) is 6.09 Å². The number of carbonyl (C=O) groups excluding carboxylic acids is 1. The molecule has 0 saturated heterocycles. The van der Waals surface area contributed by atoms with Crippen molar-refractivity contribution < 1.29 is 13.9 Å². The summed E-state index contributed by atoms with van der Waals surface area (Å²) in [5.41, 5.74) is 2.48. The van der Waals surface area contributed by atoms with Gasteiger partial charge in [0.1, 0.15) is 11.6 Å². The molecule has 2 fully saturated rings. The molecule has 2 aliphatic carbocycles. The molecule has 0 spiro atoms. The number of hydrogen-bond acceptors (Lipinski definition) is 2. The van der Waals surface area contributed by atoms with Gasteiger partial charge in [0.05, 0.1) is 5.54 Å². The highest BCUT2D eigenvalue weighted by Gasteiger charge is 2.59. The van der Waals surface area contributed by atoms with Gasteiger partial charge in [-0.2, -0.15) is 0 Å². The Balaban J connectivity index is 1.68. The molecule has 2 aromatic carbocycles. The summed E-state index contributed by atoms with van der Waals surface area (Å²) in [6.45, 7) is 0. The fourth-order valence-corrected chi connectivity index (χ4v) is 4.72. The lowest BCUT2D eigenvalue weighted by molar-refractivity contribution is 0.150. The molecule has 2 saturated carbocycles. The van der Waals surface area contributed by atoms with Crippen LogP contribution < -0.4 is 10.1 Å². The molecule has 3 aliphatic rings. The van der Waals surface area contributed by atoms with Crippen LogP contribution in [0.25, 0.3) is 11.1 Å². The van der Waals surface area contributed by atoms with E-state index in [-0.39, 0.29) is 17.4 Å². The first kappa shape index (κ1) is 15.4. The van der Waals surface area contributed by atoms with E-state index >= 15 is 0 Å². The van der Waals surface area contributed by atoms with Crippen molar-refractivity contribution in [3.05, 3.63) is 52.3 Å².